The zero-order chi connectivity index (χ0) is 12.4. The van der Waals surface area contributed by atoms with Gasteiger partial charge in [0.15, 0.2) is 0 Å². The Bertz CT molecular complexity index is 428. The van der Waals surface area contributed by atoms with Crippen molar-refractivity contribution in [2.45, 2.75) is 6.92 Å². The summed E-state index contributed by atoms with van der Waals surface area (Å²) < 4.78 is 13.6. The summed E-state index contributed by atoms with van der Waals surface area (Å²) in [6, 6.07) is 4.56. The molecule has 1 amide bonds. The number of nitrogens with zero attached hydrogens (tertiary/aromatic N) is 2. The lowest BCUT2D eigenvalue weighted by Crippen LogP contribution is -2.48. The smallest absolute Gasteiger partial charge is 0.219 e. The van der Waals surface area contributed by atoms with Crippen LogP contribution in [0.4, 0.5) is 15.8 Å². The Morgan fingerprint density at radius 3 is 2.53 bits per heavy atom. The van der Waals surface area contributed by atoms with Gasteiger partial charge in [0.25, 0.3) is 0 Å². The molecule has 1 aromatic rings. The van der Waals surface area contributed by atoms with E-state index in [-0.39, 0.29) is 11.7 Å². The highest BCUT2D eigenvalue weighted by molar-refractivity contribution is 5.73. The lowest BCUT2D eigenvalue weighted by atomic mass is 10.2. The molecule has 1 fully saturated rings. The molecule has 1 aliphatic rings. The number of carbonyl (C=O) groups excluding carboxylic acids is 1. The van der Waals surface area contributed by atoms with Crippen LogP contribution in [0, 0.1) is 5.82 Å². The Labute approximate surface area is 99.8 Å². The normalized spacial score (nSPS) is 16.1. The van der Waals surface area contributed by atoms with Gasteiger partial charge in [-0.05, 0) is 18.2 Å². The van der Waals surface area contributed by atoms with Crippen LogP contribution in [0.2, 0.25) is 0 Å². The van der Waals surface area contributed by atoms with Gasteiger partial charge in [-0.15, -0.1) is 0 Å². The molecule has 1 heterocycles. The number of hydrogen-bond donors (Lipinski definition) is 1. The maximum atomic E-state index is 13.6. The SMILES string of the molecule is CC(=O)N1CCN(c2cc(N)ccc2F)CC1. The lowest BCUT2D eigenvalue weighted by molar-refractivity contribution is -0.129. The van der Waals surface area contributed by atoms with E-state index >= 15 is 0 Å². The molecule has 1 aliphatic heterocycles. The summed E-state index contributed by atoms with van der Waals surface area (Å²) in [5.74, 6) is -0.201. The molecule has 0 spiro atoms. The lowest BCUT2D eigenvalue weighted by Gasteiger charge is -2.35. The molecule has 17 heavy (non-hydrogen) atoms. The van der Waals surface area contributed by atoms with E-state index < -0.39 is 0 Å². The number of halogens is 1. The van der Waals surface area contributed by atoms with Gasteiger partial charge in [0.1, 0.15) is 5.82 Å². The van der Waals surface area contributed by atoms with Crippen molar-refractivity contribution in [1.29, 1.82) is 0 Å². The topological polar surface area (TPSA) is 49.6 Å². The van der Waals surface area contributed by atoms with E-state index in [1.807, 2.05) is 4.90 Å². The Kier molecular flexibility index (Phi) is 3.17. The van der Waals surface area contributed by atoms with Crippen molar-refractivity contribution >= 4 is 17.3 Å². The van der Waals surface area contributed by atoms with Gasteiger partial charge in [0.05, 0.1) is 5.69 Å². The predicted octanol–water partition coefficient (Wildman–Crippen LogP) is 1.08. The molecule has 5 heteroatoms. The van der Waals surface area contributed by atoms with Crippen LogP contribution in [0.15, 0.2) is 18.2 Å². The van der Waals surface area contributed by atoms with Crippen molar-refractivity contribution in [3.05, 3.63) is 24.0 Å². The molecule has 0 radical (unpaired) electrons. The Balaban J connectivity index is 2.10. The third-order valence-corrected chi connectivity index (χ3v) is 3.04. The van der Waals surface area contributed by atoms with Crippen molar-refractivity contribution in [2.75, 3.05) is 36.8 Å². The minimum absolute atomic E-state index is 0.0673. The number of benzene rings is 1. The molecule has 2 N–H and O–H groups in total. The summed E-state index contributed by atoms with van der Waals surface area (Å²) in [4.78, 5) is 14.9. The number of nitrogen functional groups attached to an aromatic ring is 1. The number of piperazine rings is 1. The number of hydrogen-bond acceptors (Lipinski definition) is 3. The van der Waals surface area contributed by atoms with Crippen molar-refractivity contribution in [3.63, 3.8) is 0 Å². The second kappa shape index (κ2) is 4.61. The highest BCUT2D eigenvalue weighted by atomic mass is 19.1. The third-order valence-electron chi connectivity index (χ3n) is 3.04. The molecule has 0 unspecified atom stereocenters. The van der Waals surface area contributed by atoms with Crippen LogP contribution < -0.4 is 10.6 Å². The molecule has 4 nitrogen and oxygen atoms in total. The summed E-state index contributed by atoms with van der Waals surface area (Å²) in [6.45, 7) is 4.09. The van der Waals surface area contributed by atoms with Crippen molar-refractivity contribution < 1.29 is 9.18 Å². The van der Waals surface area contributed by atoms with Gasteiger partial charge < -0.3 is 15.5 Å². The van der Waals surface area contributed by atoms with E-state index in [0.29, 0.717) is 37.6 Å². The van der Waals surface area contributed by atoms with Gasteiger partial charge in [-0.2, -0.15) is 0 Å². The molecule has 0 atom stereocenters. The maximum absolute atomic E-state index is 13.6. The van der Waals surface area contributed by atoms with Crippen molar-refractivity contribution in [2.24, 2.45) is 0 Å². The highest BCUT2D eigenvalue weighted by Gasteiger charge is 2.20. The van der Waals surface area contributed by atoms with Gasteiger partial charge in [-0.1, -0.05) is 0 Å². The van der Waals surface area contributed by atoms with E-state index in [1.54, 1.807) is 24.0 Å². The van der Waals surface area contributed by atoms with Crippen LogP contribution in [-0.2, 0) is 4.79 Å². The molecule has 0 bridgehead atoms. The van der Waals surface area contributed by atoms with Gasteiger partial charge in [-0.3, -0.25) is 4.79 Å². The van der Waals surface area contributed by atoms with E-state index in [2.05, 4.69) is 0 Å². The largest absolute Gasteiger partial charge is 0.399 e. The fraction of sp³-hybridized carbons (Fsp3) is 0.417. The van der Waals surface area contributed by atoms with Crippen LogP contribution >= 0.6 is 0 Å². The van der Waals surface area contributed by atoms with Gasteiger partial charge in [0.2, 0.25) is 5.91 Å². The molecular formula is C12H16FN3O. The first-order chi connectivity index (χ1) is 8.08. The van der Waals surface area contributed by atoms with Crippen LogP contribution in [0.5, 0.6) is 0 Å². The summed E-state index contributed by atoms with van der Waals surface area (Å²) in [5, 5.41) is 0. The minimum Gasteiger partial charge on any atom is -0.399 e. The summed E-state index contributed by atoms with van der Waals surface area (Å²) in [6.07, 6.45) is 0. The van der Waals surface area contributed by atoms with Crippen molar-refractivity contribution in [3.8, 4) is 0 Å². The number of rotatable bonds is 1. The average Bonchev–Trinajstić information content (AvgIpc) is 2.32. The van der Waals surface area contributed by atoms with E-state index in [9.17, 15) is 9.18 Å². The minimum atomic E-state index is -0.268. The predicted molar refractivity (Wildman–Crippen MR) is 65.3 cm³/mol. The molecule has 1 saturated heterocycles. The Hall–Kier alpha value is -1.78. The summed E-state index contributed by atoms with van der Waals surface area (Å²) in [5.41, 5.74) is 6.72. The first-order valence-electron chi connectivity index (χ1n) is 5.63. The van der Waals surface area contributed by atoms with Crippen molar-refractivity contribution in [1.82, 2.24) is 4.90 Å². The molecule has 1 aromatic carbocycles. The number of amides is 1. The summed E-state index contributed by atoms with van der Waals surface area (Å²) in [7, 11) is 0. The second-order valence-corrected chi connectivity index (χ2v) is 4.20. The van der Waals surface area contributed by atoms with Gasteiger partial charge in [0, 0.05) is 38.8 Å². The summed E-state index contributed by atoms with van der Waals surface area (Å²) >= 11 is 0. The Morgan fingerprint density at radius 2 is 1.94 bits per heavy atom. The number of carbonyl (C=O) groups is 1. The third kappa shape index (κ3) is 2.49. The Morgan fingerprint density at radius 1 is 1.29 bits per heavy atom. The first-order valence-corrected chi connectivity index (χ1v) is 5.63. The van der Waals surface area contributed by atoms with Gasteiger partial charge >= 0.3 is 0 Å². The van der Waals surface area contributed by atoms with E-state index in [4.69, 9.17) is 5.73 Å². The van der Waals surface area contributed by atoms with Crippen LogP contribution in [0.25, 0.3) is 0 Å². The van der Waals surface area contributed by atoms with Crippen LogP contribution in [0.1, 0.15) is 6.92 Å². The first kappa shape index (κ1) is 11.7. The fourth-order valence-electron chi connectivity index (χ4n) is 2.03. The van der Waals surface area contributed by atoms with E-state index in [0.717, 1.165) is 0 Å². The molecule has 0 aromatic heterocycles. The standard InChI is InChI=1S/C12H16FN3O/c1-9(17)15-4-6-16(7-5-15)12-8-10(14)2-3-11(12)13/h2-3,8H,4-7,14H2,1H3. The second-order valence-electron chi connectivity index (χ2n) is 4.20. The molecule has 2 rings (SSSR count). The molecule has 0 aliphatic carbocycles. The number of nitrogens with two attached hydrogens (primary N) is 1. The molecule has 92 valence electrons. The molecular weight excluding hydrogens is 221 g/mol. The van der Waals surface area contributed by atoms with E-state index in [1.165, 1.54) is 6.07 Å². The zero-order valence-electron chi connectivity index (χ0n) is 9.82. The zero-order valence-corrected chi connectivity index (χ0v) is 9.82. The quantitative estimate of drug-likeness (QED) is 0.743. The van der Waals surface area contributed by atoms with Gasteiger partial charge in [-0.25, -0.2) is 4.39 Å². The van der Waals surface area contributed by atoms with Crippen LogP contribution in [0.3, 0.4) is 0 Å². The number of anilines is 2. The molecule has 0 saturated carbocycles. The fourth-order valence-corrected chi connectivity index (χ4v) is 2.03. The average molecular weight is 237 g/mol. The maximum Gasteiger partial charge on any atom is 0.219 e. The monoisotopic (exact) mass is 237 g/mol. The van der Waals surface area contributed by atoms with Crippen LogP contribution in [-0.4, -0.2) is 37.0 Å². The highest BCUT2D eigenvalue weighted by Crippen LogP contribution is 2.23.